The lowest BCUT2D eigenvalue weighted by Gasteiger charge is -2.18. The number of aromatic amines is 1. The van der Waals surface area contributed by atoms with Gasteiger partial charge >= 0.3 is 18.0 Å². The molecular weight excluding hydrogens is 332 g/mol. The third-order valence-electron chi connectivity index (χ3n) is 3.86. The molecule has 2 aromatic rings. The molecule has 0 radical (unpaired) electrons. The zero-order valence-corrected chi connectivity index (χ0v) is 13.7. The fourth-order valence-corrected chi connectivity index (χ4v) is 2.82. The minimum Gasteiger partial charge on any atom is -0.476 e. The fourth-order valence-electron chi connectivity index (χ4n) is 2.82. The van der Waals surface area contributed by atoms with Crippen LogP contribution in [0.15, 0.2) is 24.4 Å². The number of ether oxygens (including phenoxy) is 2. The average Bonchev–Trinajstić information content (AvgIpc) is 2.96. The van der Waals surface area contributed by atoms with Crippen molar-refractivity contribution in [1.82, 2.24) is 4.98 Å². The first-order valence-corrected chi connectivity index (χ1v) is 7.44. The van der Waals surface area contributed by atoms with Gasteiger partial charge in [0.25, 0.3) is 0 Å². The summed E-state index contributed by atoms with van der Waals surface area (Å²) >= 11 is 0. The number of aromatic nitrogens is 1. The van der Waals surface area contributed by atoms with Gasteiger partial charge in [-0.2, -0.15) is 0 Å². The quantitative estimate of drug-likeness (QED) is 0.420. The minimum absolute atomic E-state index is 0.0204. The predicted molar refractivity (Wildman–Crippen MR) is 86.8 cm³/mol. The van der Waals surface area contributed by atoms with Crippen molar-refractivity contribution >= 4 is 22.8 Å². The topological polar surface area (TPSA) is 132 Å². The molecule has 0 aliphatic rings. The van der Waals surface area contributed by atoms with Crippen LogP contribution in [0.5, 0.6) is 0 Å². The summed E-state index contributed by atoms with van der Waals surface area (Å²) in [7, 11) is 1.35. The minimum atomic E-state index is -1.86. The molecule has 0 aliphatic heterocycles. The van der Waals surface area contributed by atoms with Crippen LogP contribution in [0.4, 0.5) is 0 Å². The Morgan fingerprint density at radius 2 is 2.12 bits per heavy atom. The normalized spacial score (nSPS) is 13.4. The van der Waals surface area contributed by atoms with E-state index in [0.717, 1.165) is 0 Å². The second-order valence-electron chi connectivity index (χ2n) is 5.49. The van der Waals surface area contributed by atoms with Crippen molar-refractivity contribution in [3.63, 3.8) is 0 Å². The second kappa shape index (κ2) is 7.75. The van der Waals surface area contributed by atoms with Crippen LogP contribution in [-0.2, 0) is 25.7 Å². The summed E-state index contributed by atoms with van der Waals surface area (Å²) in [4.78, 5) is 35.9. The second-order valence-corrected chi connectivity index (χ2v) is 5.49. The molecule has 0 bridgehead atoms. The number of methoxy groups -OCH3 is 1. The van der Waals surface area contributed by atoms with Gasteiger partial charge in [0.1, 0.15) is 6.61 Å². The third kappa shape index (κ3) is 3.94. The van der Waals surface area contributed by atoms with Gasteiger partial charge in [-0.25, -0.2) is 4.79 Å². The highest BCUT2D eigenvalue weighted by Crippen LogP contribution is 2.32. The maximum absolute atomic E-state index is 11.4. The molecule has 25 heavy (non-hydrogen) atoms. The van der Waals surface area contributed by atoms with Gasteiger partial charge in [-0.05, 0) is 17.2 Å². The number of benzene rings is 1. The van der Waals surface area contributed by atoms with Gasteiger partial charge in [0, 0.05) is 36.1 Å². The summed E-state index contributed by atoms with van der Waals surface area (Å²) in [5.41, 5.74) is 1.72. The van der Waals surface area contributed by atoms with Gasteiger partial charge < -0.3 is 19.6 Å². The SMILES string of the molecule is COCC(c1c[nH]c2cccc(COC(C)=O)c12)C(C(=O)O)[N+](=O)[O-]. The lowest BCUT2D eigenvalue weighted by Crippen LogP contribution is -2.37. The van der Waals surface area contributed by atoms with Crippen molar-refractivity contribution in [3.8, 4) is 0 Å². The highest BCUT2D eigenvalue weighted by Gasteiger charge is 2.41. The molecule has 1 aromatic heterocycles. The van der Waals surface area contributed by atoms with E-state index in [2.05, 4.69) is 4.98 Å². The van der Waals surface area contributed by atoms with Gasteiger partial charge in [0.15, 0.2) is 0 Å². The largest absolute Gasteiger partial charge is 0.476 e. The number of hydrogen-bond acceptors (Lipinski definition) is 6. The Balaban J connectivity index is 2.57. The van der Waals surface area contributed by atoms with Crippen LogP contribution in [0.25, 0.3) is 10.9 Å². The maximum atomic E-state index is 11.4. The van der Waals surface area contributed by atoms with E-state index in [9.17, 15) is 24.8 Å². The number of nitrogens with one attached hydrogen (secondary N) is 1. The molecule has 2 rings (SSSR count). The number of rotatable bonds is 8. The van der Waals surface area contributed by atoms with Crippen LogP contribution in [0.1, 0.15) is 24.0 Å². The fraction of sp³-hybridized carbons (Fsp3) is 0.375. The molecule has 1 aromatic carbocycles. The standard InChI is InChI=1S/C16H18N2O7/c1-9(19)25-7-10-4-3-5-13-14(10)11(6-17-13)12(8-24-2)15(16(20)21)18(22)23/h3-6,12,15,17H,7-8H2,1-2H3,(H,20,21). The van der Waals surface area contributed by atoms with Crippen molar-refractivity contribution in [2.75, 3.05) is 13.7 Å². The maximum Gasteiger partial charge on any atom is 0.380 e. The average molecular weight is 350 g/mol. The molecule has 0 saturated carbocycles. The number of fused-ring (bicyclic) bond motifs is 1. The number of nitro groups is 1. The zero-order chi connectivity index (χ0) is 18.6. The number of carboxylic acid groups (broad SMARTS) is 1. The van der Waals surface area contributed by atoms with Crippen LogP contribution < -0.4 is 0 Å². The smallest absolute Gasteiger partial charge is 0.380 e. The molecule has 9 nitrogen and oxygen atoms in total. The monoisotopic (exact) mass is 350 g/mol. The number of nitrogens with zero attached hydrogens (tertiary/aromatic N) is 1. The van der Waals surface area contributed by atoms with Crippen LogP contribution in [-0.4, -0.2) is 46.7 Å². The number of carboxylic acids is 1. The number of carbonyl (C=O) groups excluding carboxylic acids is 1. The summed E-state index contributed by atoms with van der Waals surface area (Å²) < 4.78 is 10.1. The van der Waals surface area contributed by atoms with Crippen LogP contribution in [0.2, 0.25) is 0 Å². The van der Waals surface area contributed by atoms with E-state index in [1.165, 1.54) is 20.2 Å². The number of H-pyrrole nitrogens is 1. The molecule has 9 heteroatoms. The van der Waals surface area contributed by atoms with Crippen molar-refractivity contribution in [1.29, 1.82) is 0 Å². The molecule has 2 N–H and O–H groups in total. The van der Waals surface area contributed by atoms with E-state index in [0.29, 0.717) is 22.0 Å². The zero-order valence-electron chi connectivity index (χ0n) is 13.7. The highest BCUT2D eigenvalue weighted by atomic mass is 16.6. The Hall–Kier alpha value is -2.94. The lowest BCUT2D eigenvalue weighted by atomic mass is 9.90. The van der Waals surface area contributed by atoms with Gasteiger partial charge in [0.05, 0.1) is 12.5 Å². The first kappa shape index (κ1) is 18.4. The summed E-state index contributed by atoms with van der Waals surface area (Å²) in [5.74, 6) is -3.01. The summed E-state index contributed by atoms with van der Waals surface area (Å²) in [6.45, 7) is 1.11. The lowest BCUT2D eigenvalue weighted by molar-refractivity contribution is -0.514. The summed E-state index contributed by atoms with van der Waals surface area (Å²) in [5, 5.41) is 21.2. The molecule has 134 valence electrons. The number of hydrogen-bond donors (Lipinski definition) is 2. The highest BCUT2D eigenvalue weighted by molar-refractivity contribution is 5.88. The molecule has 1 heterocycles. The van der Waals surface area contributed by atoms with Gasteiger partial charge in [-0.15, -0.1) is 0 Å². The Bertz CT molecular complexity index is 785. The van der Waals surface area contributed by atoms with Gasteiger partial charge in [0.2, 0.25) is 0 Å². The van der Waals surface area contributed by atoms with Crippen LogP contribution in [0, 0.1) is 10.1 Å². The number of aliphatic carboxylic acids is 1. The Kier molecular flexibility index (Phi) is 5.71. The summed E-state index contributed by atoms with van der Waals surface area (Å²) in [6, 6.07) is 3.35. The third-order valence-corrected chi connectivity index (χ3v) is 3.86. The number of carbonyl (C=O) groups is 2. The predicted octanol–water partition coefficient (Wildman–Crippen LogP) is 1.69. The van der Waals surface area contributed by atoms with E-state index in [1.54, 1.807) is 18.2 Å². The van der Waals surface area contributed by atoms with Crippen molar-refractivity contribution in [2.24, 2.45) is 0 Å². The first-order chi connectivity index (χ1) is 11.9. The van der Waals surface area contributed by atoms with E-state index in [-0.39, 0.29) is 13.2 Å². The van der Waals surface area contributed by atoms with Crippen LogP contribution >= 0.6 is 0 Å². The molecule has 0 aliphatic carbocycles. The van der Waals surface area contributed by atoms with E-state index in [4.69, 9.17) is 9.47 Å². The summed E-state index contributed by atoms with van der Waals surface area (Å²) in [6.07, 6.45) is 1.53. The Morgan fingerprint density at radius 1 is 1.40 bits per heavy atom. The van der Waals surface area contributed by atoms with E-state index < -0.39 is 28.8 Å². The molecule has 0 amide bonds. The molecule has 0 fully saturated rings. The molecule has 2 unspecified atom stereocenters. The van der Waals surface area contributed by atoms with Gasteiger partial charge in [-0.1, -0.05) is 12.1 Å². The van der Waals surface area contributed by atoms with Crippen LogP contribution in [0.3, 0.4) is 0 Å². The molecule has 0 spiro atoms. The molecule has 2 atom stereocenters. The van der Waals surface area contributed by atoms with Crippen molar-refractivity contribution < 1.29 is 29.1 Å². The molecule has 0 saturated heterocycles. The van der Waals surface area contributed by atoms with Gasteiger partial charge in [-0.3, -0.25) is 14.9 Å². The van der Waals surface area contributed by atoms with Crippen molar-refractivity contribution in [3.05, 3.63) is 45.6 Å². The Labute approximate surface area is 142 Å². The Morgan fingerprint density at radius 3 is 2.68 bits per heavy atom. The first-order valence-electron chi connectivity index (χ1n) is 7.44. The molecular formula is C16H18N2O7. The number of esters is 1. The van der Waals surface area contributed by atoms with Crippen molar-refractivity contribution in [2.45, 2.75) is 25.5 Å². The van der Waals surface area contributed by atoms with E-state index in [1.807, 2.05) is 0 Å². The van der Waals surface area contributed by atoms with E-state index >= 15 is 0 Å².